The summed E-state index contributed by atoms with van der Waals surface area (Å²) in [6.45, 7) is 0. The number of likely N-dealkylation sites (N-methyl/N-ethyl adjacent to an activating group) is 1. The van der Waals surface area contributed by atoms with E-state index in [2.05, 4.69) is 4.98 Å². The molecule has 17 heavy (non-hydrogen) atoms. The number of benzene rings is 1. The standard InChI is InChI=1S/C12H14N2O3/c1-14(2)11(12(15)16-3)8-4-5-9-10(6-8)17-7-13-9/h4-7,11H,1-3H3. The third-order valence-corrected chi connectivity index (χ3v) is 2.61. The Morgan fingerprint density at radius 2 is 2.24 bits per heavy atom. The molecule has 0 aliphatic carbocycles. The highest BCUT2D eigenvalue weighted by Gasteiger charge is 2.24. The predicted molar refractivity (Wildman–Crippen MR) is 62.5 cm³/mol. The Kier molecular flexibility index (Phi) is 3.10. The van der Waals surface area contributed by atoms with Crippen molar-refractivity contribution in [1.82, 2.24) is 9.88 Å². The van der Waals surface area contributed by atoms with Gasteiger partial charge in [0.05, 0.1) is 7.11 Å². The van der Waals surface area contributed by atoms with E-state index in [0.29, 0.717) is 5.58 Å². The fourth-order valence-corrected chi connectivity index (χ4v) is 1.80. The molecule has 0 N–H and O–H groups in total. The van der Waals surface area contributed by atoms with Crippen molar-refractivity contribution in [2.24, 2.45) is 0 Å². The molecule has 0 aliphatic heterocycles. The number of aromatic nitrogens is 1. The third-order valence-electron chi connectivity index (χ3n) is 2.61. The topological polar surface area (TPSA) is 55.6 Å². The lowest BCUT2D eigenvalue weighted by Crippen LogP contribution is -2.28. The first-order valence-corrected chi connectivity index (χ1v) is 5.21. The number of hydrogen-bond donors (Lipinski definition) is 0. The molecule has 0 amide bonds. The van der Waals surface area contributed by atoms with Gasteiger partial charge in [0, 0.05) is 0 Å². The molecule has 0 spiro atoms. The maximum atomic E-state index is 11.7. The molecule has 90 valence electrons. The number of nitrogens with zero attached hydrogens (tertiary/aromatic N) is 2. The van der Waals surface area contributed by atoms with E-state index in [9.17, 15) is 4.79 Å². The molecule has 0 aliphatic rings. The lowest BCUT2D eigenvalue weighted by atomic mass is 10.1. The maximum Gasteiger partial charge on any atom is 0.327 e. The number of ether oxygens (including phenoxy) is 1. The van der Waals surface area contributed by atoms with Crippen LogP contribution in [0.3, 0.4) is 0 Å². The van der Waals surface area contributed by atoms with Crippen molar-refractivity contribution >= 4 is 17.1 Å². The minimum Gasteiger partial charge on any atom is -0.468 e. The number of fused-ring (bicyclic) bond motifs is 1. The highest BCUT2D eigenvalue weighted by Crippen LogP contribution is 2.23. The summed E-state index contributed by atoms with van der Waals surface area (Å²) < 4.78 is 10.0. The van der Waals surface area contributed by atoms with E-state index < -0.39 is 6.04 Å². The van der Waals surface area contributed by atoms with Crippen LogP contribution in [-0.4, -0.2) is 37.1 Å². The summed E-state index contributed by atoms with van der Waals surface area (Å²) in [4.78, 5) is 17.5. The number of methoxy groups -OCH3 is 1. The number of rotatable bonds is 3. The van der Waals surface area contributed by atoms with Crippen molar-refractivity contribution in [3.63, 3.8) is 0 Å². The molecular formula is C12H14N2O3. The summed E-state index contributed by atoms with van der Waals surface area (Å²) in [6.07, 6.45) is 1.39. The Morgan fingerprint density at radius 1 is 1.47 bits per heavy atom. The molecule has 0 bridgehead atoms. The third kappa shape index (κ3) is 2.14. The van der Waals surface area contributed by atoms with Crippen LogP contribution in [0.15, 0.2) is 29.0 Å². The largest absolute Gasteiger partial charge is 0.468 e. The van der Waals surface area contributed by atoms with Gasteiger partial charge in [0.15, 0.2) is 12.0 Å². The van der Waals surface area contributed by atoms with Crippen molar-refractivity contribution in [3.05, 3.63) is 30.2 Å². The van der Waals surface area contributed by atoms with E-state index in [1.807, 2.05) is 32.3 Å². The van der Waals surface area contributed by atoms with Crippen LogP contribution in [0.2, 0.25) is 0 Å². The fraction of sp³-hybridized carbons (Fsp3) is 0.333. The number of esters is 1. The van der Waals surface area contributed by atoms with Crippen LogP contribution in [0.5, 0.6) is 0 Å². The number of carbonyl (C=O) groups excluding carboxylic acids is 1. The summed E-state index contributed by atoms with van der Waals surface area (Å²) in [5.41, 5.74) is 2.26. The van der Waals surface area contributed by atoms with Crippen molar-refractivity contribution in [2.45, 2.75) is 6.04 Å². The summed E-state index contributed by atoms with van der Waals surface area (Å²) in [5.74, 6) is -0.297. The number of hydrogen-bond acceptors (Lipinski definition) is 5. The molecule has 0 saturated heterocycles. The monoisotopic (exact) mass is 234 g/mol. The zero-order chi connectivity index (χ0) is 12.4. The van der Waals surface area contributed by atoms with E-state index in [1.165, 1.54) is 13.5 Å². The van der Waals surface area contributed by atoms with Crippen molar-refractivity contribution in [3.8, 4) is 0 Å². The molecule has 1 aromatic heterocycles. The lowest BCUT2D eigenvalue weighted by molar-refractivity contribution is -0.146. The van der Waals surface area contributed by atoms with Gasteiger partial charge in [-0.05, 0) is 31.8 Å². The Balaban J connectivity index is 2.44. The second-order valence-corrected chi connectivity index (χ2v) is 3.97. The average molecular weight is 234 g/mol. The molecule has 5 nitrogen and oxygen atoms in total. The Bertz CT molecular complexity index is 533. The van der Waals surface area contributed by atoms with Crippen molar-refractivity contribution in [2.75, 3.05) is 21.2 Å². The van der Waals surface area contributed by atoms with E-state index >= 15 is 0 Å². The van der Waals surface area contributed by atoms with Crippen LogP contribution in [0.4, 0.5) is 0 Å². The molecule has 2 rings (SSSR count). The van der Waals surface area contributed by atoms with Gasteiger partial charge < -0.3 is 9.15 Å². The molecule has 1 unspecified atom stereocenters. The molecule has 0 radical (unpaired) electrons. The van der Waals surface area contributed by atoms with Gasteiger partial charge in [0.1, 0.15) is 11.6 Å². The fourth-order valence-electron chi connectivity index (χ4n) is 1.80. The minimum absolute atomic E-state index is 0.297. The normalized spacial score (nSPS) is 12.9. The van der Waals surface area contributed by atoms with Gasteiger partial charge in [0.2, 0.25) is 0 Å². The first kappa shape index (κ1) is 11.6. The quantitative estimate of drug-likeness (QED) is 0.755. The van der Waals surface area contributed by atoms with Gasteiger partial charge in [-0.25, -0.2) is 9.78 Å². The minimum atomic E-state index is -0.436. The Hall–Kier alpha value is -1.88. The van der Waals surface area contributed by atoms with Crippen molar-refractivity contribution in [1.29, 1.82) is 0 Å². The highest BCUT2D eigenvalue weighted by atomic mass is 16.5. The van der Waals surface area contributed by atoms with Gasteiger partial charge in [-0.3, -0.25) is 4.90 Å². The zero-order valence-corrected chi connectivity index (χ0v) is 10.0. The van der Waals surface area contributed by atoms with Gasteiger partial charge in [-0.2, -0.15) is 0 Å². The molecule has 1 heterocycles. The summed E-state index contributed by atoms with van der Waals surface area (Å²) >= 11 is 0. The zero-order valence-electron chi connectivity index (χ0n) is 10.0. The first-order chi connectivity index (χ1) is 8.13. The van der Waals surface area contributed by atoms with E-state index in [0.717, 1.165) is 11.1 Å². The number of oxazole rings is 1. The molecule has 1 atom stereocenters. The average Bonchev–Trinajstić information content (AvgIpc) is 2.75. The second-order valence-electron chi connectivity index (χ2n) is 3.97. The highest BCUT2D eigenvalue weighted by molar-refractivity contribution is 5.80. The molecule has 0 fully saturated rings. The molecular weight excluding hydrogens is 220 g/mol. The summed E-state index contributed by atoms with van der Waals surface area (Å²) in [6, 6.07) is 5.05. The summed E-state index contributed by atoms with van der Waals surface area (Å²) in [7, 11) is 5.03. The van der Waals surface area contributed by atoms with Crippen molar-refractivity contribution < 1.29 is 13.9 Å². The molecule has 2 aromatic rings. The van der Waals surface area contributed by atoms with Crippen LogP contribution in [0, 0.1) is 0 Å². The number of carbonyl (C=O) groups is 1. The SMILES string of the molecule is COC(=O)C(c1ccc2ncoc2c1)N(C)C. The van der Waals surface area contributed by atoms with Gasteiger partial charge in [-0.1, -0.05) is 6.07 Å². The Labute approximate surface area is 99.0 Å². The van der Waals surface area contributed by atoms with E-state index in [4.69, 9.17) is 9.15 Å². The van der Waals surface area contributed by atoms with Gasteiger partial charge >= 0.3 is 5.97 Å². The van der Waals surface area contributed by atoms with Gasteiger partial charge in [-0.15, -0.1) is 0 Å². The van der Waals surface area contributed by atoms with Crippen LogP contribution >= 0.6 is 0 Å². The smallest absolute Gasteiger partial charge is 0.327 e. The van der Waals surface area contributed by atoms with Gasteiger partial charge in [0.25, 0.3) is 0 Å². The molecule has 1 aromatic carbocycles. The maximum absolute atomic E-state index is 11.7. The Morgan fingerprint density at radius 3 is 2.88 bits per heavy atom. The van der Waals surface area contributed by atoms with Crippen LogP contribution in [0.1, 0.15) is 11.6 Å². The van der Waals surface area contributed by atoms with Crippen LogP contribution < -0.4 is 0 Å². The summed E-state index contributed by atoms with van der Waals surface area (Å²) in [5, 5.41) is 0. The predicted octanol–water partition coefficient (Wildman–Crippen LogP) is 1.60. The molecule has 5 heteroatoms. The van der Waals surface area contributed by atoms with Crippen LogP contribution in [0.25, 0.3) is 11.1 Å². The lowest BCUT2D eigenvalue weighted by Gasteiger charge is -2.21. The first-order valence-electron chi connectivity index (χ1n) is 5.21. The van der Waals surface area contributed by atoms with Crippen LogP contribution in [-0.2, 0) is 9.53 Å². The second kappa shape index (κ2) is 4.55. The van der Waals surface area contributed by atoms with E-state index in [1.54, 1.807) is 4.90 Å². The van der Waals surface area contributed by atoms with E-state index in [-0.39, 0.29) is 5.97 Å². The molecule has 0 saturated carbocycles.